The summed E-state index contributed by atoms with van der Waals surface area (Å²) in [7, 11) is -2.31. The van der Waals surface area contributed by atoms with Gasteiger partial charge in [0.25, 0.3) is 10.0 Å². The van der Waals surface area contributed by atoms with Crippen molar-refractivity contribution in [3.63, 3.8) is 0 Å². The number of anilines is 2. The number of carbonyl (C=O) groups is 1. The van der Waals surface area contributed by atoms with E-state index < -0.39 is 10.0 Å². The highest BCUT2D eigenvalue weighted by Gasteiger charge is 2.25. The third-order valence-electron chi connectivity index (χ3n) is 4.24. The van der Waals surface area contributed by atoms with Gasteiger partial charge >= 0.3 is 0 Å². The molecule has 0 aliphatic rings. The molecule has 2 aromatic carbocycles. The number of rotatable bonds is 11. The Morgan fingerprint density at radius 1 is 1.14 bits per heavy atom. The smallest absolute Gasteiger partial charge is 0.264 e. The van der Waals surface area contributed by atoms with Gasteiger partial charge in [0.15, 0.2) is 0 Å². The van der Waals surface area contributed by atoms with Crippen LogP contribution in [0, 0.1) is 0 Å². The van der Waals surface area contributed by atoms with E-state index in [1.807, 2.05) is 6.07 Å². The number of thioether (sulfide) groups is 1. The van der Waals surface area contributed by atoms with E-state index in [1.54, 1.807) is 49.0 Å². The zero-order valence-corrected chi connectivity index (χ0v) is 18.7. The van der Waals surface area contributed by atoms with Crippen LogP contribution in [-0.4, -0.2) is 39.5 Å². The largest absolute Gasteiger partial charge is 0.495 e. The molecule has 0 fully saturated rings. The van der Waals surface area contributed by atoms with Crippen molar-refractivity contribution < 1.29 is 17.9 Å². The molecule has 29 heavy (non-hydrogen) atoms. The molecule has 0 spiro atoms. The number of hydrogen-bond donors (Lipinski definition) is 1. The topological polar surface area (TPSA) is 75.7 Å². The molecule has 1 amide bonds. The van der Waals surface area contributed by atoms with E-state index >= 15 is 0 Å². The number of nitrogens with zero attached hydrogens (tertiary/aromatic N) is 1. The van der Waals surface area contributed by atoms with Crippen molar-refractivity contribution in [2.24, 2.45) is 0 Å². The maximum atomic E-state index is 13.2. The van der Waals surface area contributed by atoms with E-state index in [1.165, 1.54) is 23.5 Å². The Balaban J connectivity index is 2.27. The van der Waals surface area contributed by atoms with Crippen molar-refractivity contribution >= 4 is 39.1 Å². The predicted octanol–water partition coefficient (Wildman–Crippen LogP) is 4.38. The quantitative estimate of drug-likeness (QED) is 0.529. The average Bonchev–Trinajstić information content (AvgIpc) is 2.72. The van der Waals surface area contributed by atoms with Crippen molar-refractivity contribution in [1.29, 1.82) is 0 Å². The molecule has 6 nitrogen and oxygen atoms in total. The van der Waals surface area contributed by atoms with Gasteiger partial charge in [0, 0.05) is 6.54 Å². The van der Waals surface area contributed by atoms with Crippen LogP contribution in [-0.2, 0) is 14.8 Å². The highest BCUT2D eigenvalue weighted by atomic mass is 32.2. The van der Waals surface area contributed by atoms with Gasteiger partial charge in [-0.05, 0) is 49.4 Å². The maximum absolute atomic E-state index is 13.2. The van der Waals surface area contributed by atoms with Crippen LogP contribution in [0.5, 0.6) is 5.75 Å². The highest BCUT2D eigenvalue weighted by Crippen LogP contribution is 2.30. The number of unbranched alkanes of at least 4 members (excludes halogenated alkanes) is 1. The molecule has 1 N–H and O–H groups in total. The fraction of sp³-hybridized carbons (Fsp3) is 0.381. The minimum Gasteiger partial charge on any atom is -0.495 e. The van der Waals surface area contributed by atoms with E-state index in [4.69, 9.17) is 4.74 Å². The summed E-state index contributed by atoms with van der Waals surface area (Å²) in [4.78, 5) is 12.4. The summed E-state index contributed by atoms with van der Waals surface area (Å²) >= 11 is 1.55. The zero-order valence-electron chi connectivity index (χ0n) is 17.1. The second kappa shape index (κ2) is 11.1. The molecule has 2 rings (SSSR count). The minimum absolute atomic E-state index is 0.0953. The number of hydrogen-bond acceptors (Lipinski definition) is 5. The second-order valence-electron chi connectivity index (χ2n) is 6.32. The minimum atomic E-state index is -3.79. The van der Waals surface area contributed by atoms with E-state index in [2.05, 4.69) is 12.2 Å². The molecular formula is C21H28N2O4S2. The lowest BCUT2D eigenvalue weighted by atomic mass is 10.3. The van der Waals surface area contributed by atoms with Crippen LogP contribution in [0.1, 0.15) is 26.7 Å². The average molecular weight is 437 g/mol. The maximum Gasteiger partial charge on any atom is 0.264 e. The molecule has 0 saturated heterocycles. The van der Waals surface area contributed by atoms with Crippen LogP contribution in [0.15, 0.2) is 53.4 Å². The van der Waals surface area contributed by atoms with Crippen LogP contribution in [0.3, 0.4) is 0 Å². The molecule has 158 valence electrons. The standard InChI is InChI=1S/C21H28N2O4S2/c1-4-6-14-28-16-21(24)22-19-15-18(12-13-20(19)27-3)29(25,26)23(5-2)17-10-8-7-9-11-17/h7-13,15H,4-6,14,16H2,1-3H3,(H,22,24). The van der Waals surface area contributed by atoms with E-state index in [0.29, 0.717) is 22.9 Å². The van der Waals surface area contributed by atoms with Crippen LogP contribution >= 0.6 is 11.8 Å². The van der Waals surface area contributed by atoms with E-state index in [-0.39, 0.29) is 17.3 Å². The van der Waals surface area contributed by atoms with E-state index in [0.717, 1.165) is 18.6 Å². The number of amides is 1. The predicted molar refractivity (Wildman–Crippen MR) is 121 cm³/mol. The van der Waals surface area contributed by atoms with Gasteiger partial charge in [-0.2, -0.15) is 11.8 Å². The van der Waals surface area contributed by atoms with Crippen LogP contribution in [0.2, 0.25) is 0 Å². The fourth-order valence-electron chi connectivity index (χ4n) is 2.76. The number of ether oxygens (including phenoxy) is 1. The molecule has 0 aliphatic heterocycles. The summed E-state index contributed by atoms with van der Waals surface area (Å²) in [6, 6.07) is 13.4. The Labute approximate surface area is 177 Å². The second-order valence-corrected chi connectivity index (χ2v) is 9.29. The Morgan fingerprint density at radius 2 is 1.86 bits per heavy atom. The lowest BCUT2D eigenvalue weighted by molar-refractivity contribution is -0.113. The molecule has 0 bridgehead atoms. The van der Waals surface area contributed by atoms with Crippen molar-refractivity contribution in [3.05, 3.63) is 48.5 Å². The highest BCUT2D eigenvalue weighted by molar-refractivity contribution is 7.99. The van der Waals surface area contributed by atoms with Gasteiger partial charge in [0.1, 0.15) is 5.75 Å². The number of carbonyl (C=O) groups excluding carboxylic acids is 1. The monoisotopic (exact) mass is 436 g/mol. The van der Waals surface area contributed by atoms with Gasteiger partial charge in [-0.25, -0.2) is 8.42 Å². The molecule has 2 aromatic rings. The molecule has 0 unspecified atom stereocenters. The van der Waals surface area contributed by atoms with Gasteiger partial charge in [-0.3, -0.25) is 9.10 Å². The summed E-state index contributed by atoms with van der Waals surface area (Å²) in [6.07, 6.45) is 2.14. The molecule has 0 radical (unpaired) electrons. The first-order valence-electron chi connectivity index (χ1n) is 9.57. The first-order valence-corrected chi connectivity index (χ1v) is 12.2. The van der Waals surface area contributed by atoms with Crippen molar-refractivity contribution in [3.8, 4) is 5.75 Å². The number of benzene rings is 2. The van der Waals surface area contributed by atoms with Gasteiger partial charge in [-0.15, -0.1) is 0 Å². The Bertz CT molecular complexity index is 902. The SMILES string of the molecule is CCCCSCC(=O)Nc1cc(S(=O)(=O)N(CC)c2ccccc2)ccc1OC. The normalized spacial score (nSPS) is 11.1. The first kappa shape index (κ1) is 23.1. The van der Waals surface area contributed by atoms with Gasteiger partial charge in [0.05, 0.1) is 29.1 Å². The fourth-order valence-corrected chi connectivity index (χ4v) is 5.15. The van der Waals surface area contributed by atoms with E-state index in [9.17, 15) is 13.2 Å². The van der Waals surface area contributed by atoms with Crippen molar-refractivity contribution in [2.45, 2.75) is 31.6 Å². The van der Waals surface area contributed by atoms with Crippen LogP contribution in [0.4, 0.5) is 11.4 Å². The molecule has 8 heteroatoms. The van der Waals surface area contributed by atoms with Crippen LogP contribution < -0.4 is 14.4 Å². The van der Waals surface area contributed by atoms with Gasteiger partial charge in [-0.1, -0.05) is 31.5 Å². The summed E-state index contributed by atoms with van der Waals surface area (Å²) in [5.74, 6) is 1.46. The van der Waals surface area contributed by atoms with Gasteiger partial charge in [0.2, 0.25) is 5.91 Å². The molecule has 0 aromatic heterocycles. The third kappa shape index (κ3) is 6.14. The number of nitrogens with one attached hydrogen (secondary N) is 1. The number of methoxy groups -OCH3 is 1. The Hall–Kier alpha value is -2.19. The first-order chi connectivity index (χ1) is 13.9. The van der Waals surface area contributed by atoms with Gasteiger partial charge < -0.3 is 10.1 Å². The summed E-state index contributed by atoms with van der Waals surface area (Å²) in [5, 5.41) is 2.78. The molecular weight excluding hydrogens is 408 g/mol. The third-order valence-corrected chi connectivity index (χ3v) is 7.18. The molecule has 0 heterocycles. The number of sulfonamides is 1. The Kier molecular flexibility index (Phi) is 8.85. The van der Waals surface area contributed by atoms with Crippen molar-refractivity contribution in [2.75, 3.05) is 34.8 Å². The Morgan fingerprint density at radius 3 is 2.48 bits per heavy atom. The number of para-hydroxylation sites is 1. The lowest BCUT2D eigenvalue weighted by Crippen LogP contribution is -2.30. The summed E-state index contributed by atoms with van der Waals surface area (Å²) in [5.41, 5.74) is 0.933. The van der Waals surface area contributed by atoms with Crippen molar-refractivity contribution in [1.82, 2.24) is 0 Å². The molecule has 0 aliphatic carbocycles. The lowest BCUT2D eigenvalue weighted by Gasteiger charge is -2.23. The molecule has 0 saturated carbocycles. The molecule has 0 atom stereocenters. The zero-order chi connectivity index (χ0) is 21.3. The summed E-state index contributed by atoms with van der Waals surface area (Å²) in [6.45, 7) is 4.17. The summed E-state index contributed by atoms with van der Waals surface area (Å²) < 4.78 is 33.1. The van der Waals surface area contributed by atoms with Crippen LogP contribution in [0.25, 0.3) is 0 Å².